The Morgan fingerprint density at radius 1 is 1.58 bits per heavy atom. The molecule has 11 heteroatoms. The zero-order chi connectivity index (χ0) is 17.3. The molecule has 0 aromatic carbocycles. The van der Waals surface area contributed by atoms with Crippen LogP contribution in [0.5, 0.6) is 0 Å². The van der Waals surface area contributed by atoms with Crippen LogP contribution in [0.1, 0.15) is 19.6 Å². The fourth-order valence-electron chi connectivity index (χ4n) is 2.61. The van der Waals surface area contributed by atoms with Crippen molar-refractivity contribution < 1.29 is 19.8 Å². The lowest BCUT2D eigenvalue weighted by molar-refractivity contribution is -0.108. The summed E-state index contributed by atoms with van der Waals surface area (Å²) in [5.41, 5.74) is 8.15. The Labute approximate surface area is 136 Å². The number of hydroxylamine groups is 1. The molecule has 2 aromatic heterocycles. The van der Waals surface area contributed by atoms with Crippen LogP contribution in [0.3, 0.4) is 0 Å². The summed E-state index contributed by atoms with van der Waals surface area (Å²) in [5, 5.41) is 19.7. The van der Waals surface area contributed by atoms with Crippen molar-refractivity contribution in [3.05, 3.63) is 16.7 Å². The van der Waals surface area contributed by atoms with Gasteiger partial charge in [0.2, 0.25) is 5.95 Å². The van der Waals surface area contributed by atoms with E-state index in [1.165, 1.54) is 10.9 Å². The lowest BCUT2D eigenvalue weighted by Crippen LogP contribution is -2.39. The number of imidazole rings is 1. The Hall–Kier alpha value is -2.05. The van der Waals surface area contributed by atoms with Gasteiger partial charge in [0.05, 0.1) is 12.9 Å². The monoisotopic (exact) mass is 340 g/mol. The Kier molecular flexibility index (Phi) is 4.78. The molecule has 24 heavy (non-hydrogen) atoms. The number of ether oxygens (including phenoxy) is 1. The van der Waals surface area contributed by atoms with Gasteiger partial charge in [-0.05, 0) is 6.42 Å². The van der Waals surface area contributed by atoms with E-state index in [4.69, 9.17) is 15.3 Å². The van der Waals surface area contributed by atoms with Gasteiger partial charge in [-0.1, -0.05) is 6.92 Å². The third-order valence-electron chi connectivity index (χ3n) is 3.79. The lowest BCUT2D eigenvalue weighted by atomic mass is 10.1. The number of rotatable bonds is 6. The Balaban J connectivity index is 1.97. The van der Waals surface area contributed by atoms with Gasteiger partial charge in [0.1, 0.15) is 12.2 Å². The summed E-state index contributed by atoms with van der Waals surface area (Å²) in [4.78, 5) is 27.8. The van der Waals surface area contributed by atoms with Gasteiger partial charge < -0.3 is 20.7 Å². The number of H-pyrrole nitrogens is 1. The molecule has 2 aromatic rings. The summed E-state index contributed by atoms with van der Waals surface area (Å²) in [7, 11) is 0. The van der Waals surface area contributed by atoms with E-state index in [0.29, 0.717) is 6.54 Å². The van der Waals surface area contributed by atoms with E-state index in [9.17, 15) is 15.0 Å². The van der Waals surface area contributed by atoms with Crippen LogP contribution in [-0.2, 0) is 9.57 Å². The number of fused-ring (bicyclic) bond motifs is 1. The van der Waals surface area contributed by atoms with Gasteiger partial charge in [-0.25, -0.2) is 10.5 Å². The maximum absolute atomic E-state index is 11.9. The lowest BCUT2D eigenvalue weighted by Gasteiger charge is -2.21. The van der Waals surface area contributed by atoms with Crippen molar-refractivity contribution in [3.8, 4) is 0 Å². The highest BCUT2D eigenvalue weighted by Crippen LogP contribution is 2.32. The summed E-state index contributed by atoms with van der Waals surface area (Å²) >= 11 is 0. The number of hydrogen-bond donors (Lipinski definition) is 5. The molecule has 1 aliphatic heterocycles. The van der Waals surface area contributed by atoms with Gasteiger partial charge in [-0.2, -0.15) is 4.98 Å². The van der Waals surface area contributed by atoms with Gasteiger partial charge >= 0.3 is 0 Å². The third kappa shape index (κ3) is 2.87. The largest absolute Gasteiger partial charge is 0.394 e. The van der Waals surface area contributed by atoms with Crippen LogP contribution in [0, 0.1) is 0 Å². The number of aromatic nitrogens is 4. The predicted octanol–water partition coefficient (Wildman–Crippen LogP) is -1.75. The third-order valence-corrected chi connectivity index (χ3v) is 3.79. The van der Waals surface area contributed by atoms with E-state index in [2.05, 4.69) is 20.4 Å². The van der Waals surface area contributed by atoms with E-state index < -0.39 is 30.1 Å². The summed E-state index contributed by atoms with van der Waals surface area (Å²) in [6, 6.07) is 0. The molecule has 3 heterocycles. The van der Waals surface area contributed by atoms with Gasteiger partial charge in [-0.15, -0.1) is 0 Å². The molecule has 3 rings (SSSR count). The van der Waals surface area contributed by atoms with Gasteiger partial charge in [0.15, 0.2) is 23.5 Å². The molecular formula is C13H20N6O5. The summed E-state index contributed by atoms with van der Waals surface area (Å²) < 4.78 is 7.12. The first-order valence-corrected chi connectivity index (χ1v) is 7.62. The van der Waals surface area contributed by atoms with Gasteiger partial charge in [-0.3, -0.25) is 19.2 Å². The van der Waals surface area contributed by atoms with Gasteiger partial charge in [0, 0.05) is 6.54 Å². The molecule has 0 bridgehead atoms. The second-order valence-corrected chi connectivity index (χ2v) is 5.49. The van der Waals surface area contributed by atoms with Crippen molar-refractivity contribution in [2.24, 2.45) is 0 Å². The zero-order valence-electron chi connectivity index (χ0n) is 13.0. The molecule has 0 saturated carbocycles. The first-order valence-electron chi connectivity index (χ1n) is 7.62. The molecule has 1 aliphatic rings. The van der Waals surface area contributed by atoms with E-state index in [-0.39, 0.29) is 23.7 Å². The SMILES string of the molecule is CCCNOC1C(O)[C@@H](CO)O[C@H]1n1cnc2c(=O)[nH]c(N)nc21. The normalized spacial score (nSPS) is 27.1. The fraction of sp³-hybridized carbons (Fsp3) is 0.615. The number of nitrogens with two attached hydrogens (primary N) is 1. The molecule has 0 amide bonds. The number of hydrogen-bond acceptors (Lipinski definition) is 9. The Morgan fingerprint density at radius 2 is 2.38 bits per heavy atom. The van der Waals surface area contributed by atoms with Crippen LogP contribution in [0.25, 0.3) is 11.2 Å². The molecule has 1 fully saturated rings. The highest BCUT2D eigenvalue weighted by Gasteiger charge is 2.46. The summed E-state index contributed by atoms with van der Waals surface area (Å²) in [6.45, 7) is 2.16. The average Bonchev–Trinajstić information content (AvgIpc) is 3.09. The highest BCUT2D eigenvalue weighted by molar-refractivity contribution is 5.70. The number of nitrogen functional groups attached to an aromatic ring is 1. The topological polar surface area (TPSA) is 161 Å². The van der Waals surface area contributed by atoms with E-state index >= 15 is 0 Å². The minimum absolute atomic E-state index is 0.0620. The first-order chi connectivity index (χ1) is 11.6. The fourth-order valence-corrected chi connectivity index (χ4v) is 2.61. The maximum atomic E-state index is 11.9. The van der Waals surface area contributed by atoms with Crippen molar-refractivity contribution in [3.63, 3.8) is 0 Å². The Bertz CT molecular complexity index is 761. The molecule has 4 atom stereocenters. The van der Waals surface area contributed by atoms with Gasteiger partial charge in [0.25, 0.3) is 5.56 Å². The van der Waals surface area contributed by atoms with Crippen LogP contribution in [0.2, 0.25) is 0 Å². The Morgan fingerprint density at radius 3 is 3.08 bits per heavy atom. The van der Waals surface area contributed by atoms with Crippen LogP contribution in [-0.4, -0.2) is 61.2 Å². The van der Waals surface area contributed by atoms with Crippen molar-refractivity contribution in [2.75, 3.05) is 18.9 Å². The molecule has 132 valence electrons. The molecule has 6 N–H and O–H groups in total. The smallest absolute Gasteiger partial charge is 0.280 e. The van der Waals surface area contributed by atoms with E-state index in [1.807, 2.05) is 6.92 Å². The average molecular weight is 340 g/mol. The number of aliphatic hydroxyl groups excluding tert-OH is 2. The molecule has 0 aliphatic carbocycles. The van der Waals surface area contributed by atoms with Crippen LogP contribution >= 0.6 is 0 Å². The van der Waals surface area contributed by atoms with E-state index in [1.54, 1.807) is 0 Å². The van der Waals surface area contributed by atoms with Crippen molar-refractivity contribution >= 4 is 17.1 Å². The standard InChI is InChI=1S/C13H20N6O5/c1-2-3-16-24-9-8(21)6(4-20)23-12(9)19-5-15-7-10(19)17-13(14)18-11(7)22/h5-6,8-9,12,16,20-21H,2-4H2,1H3,(H3,14,17,18,22)/t6-,8?,9?,12-/m1/s1. The number of nitrogens with zero attached hydrogens (tertiary/aromatic N) is 3. The van der Waals surface area contributed by atoms with Crippen molar-refractivity contribution in [2.45, 2.75) is 37.9 Å². The van der Waals surface area contributed by atoms with E-state index in [0.717, 1.165) is 6.42 Å². The second kappa shape index (κ2) is 6.83. The second-order valence-electron chi connectivity index (χ2n) is 5.49. The maximum Gasteiger partial charge on any atom is 0.280 e. The molecule has 2 unspecified atom stereocenters. The molecule has 1 saturated heterocycles. The first kappa shape index (κ1) is 16.8. The number of aliphatic hydroxyl groups is 2. The minimum Gasteiger partial charge on any atom is -0.394 e. The summed E-state index contributed by atoms with van der Waals surface area (Å²) in [5.74, 6) is -0.0620. The van der Waals surface area contributed by atoms with Crippen LogP contribution < -0.4 is 16.8 Å². The number of anilines is 1. The number of aromatic amines is 1. The highest BCUT2D eigenvalue weighted by atomic mass is 16.7. The predicted molar refractivity (Wildman–Crippen MR) is 82.7 cm³/mol. The van der Waals surface area contributed by atoms with Crippen molar-refractivity contribution in [1.82, 2.24) is 25.0 Å². The molecular weight excluding hydrogens is 320 g/mol. The number of nitrogens with one attached hydrogen (secondary N) is 2. The summed E-state index contributed by atoms with van der Waals surface area (Å²) in [6.07, 6.45) is -1.37. The molecule has 0 radical (unpaired) electrons. The van der Waals surface area contributed by atoms with Crippen molar-refractivity contribution in [1.29, 1.82) is 0 Å². The zero-order valence-corrected chi connectivity index (χ0v) is 13.0. The molecule has 0 spiro atoms. The molecule has 11 nitrogen and oxygen atoms in total. The van der Waals surface area contributed by atoms with Crippen LogP contribution in [0.4, 0.5) is 5.95 Å². The quantitative estimate of drug-likeness (QED) is 0.303. The van der Waals surface area contributed by atoms with Crippen LogP contribution in [0.15, 0.2) is 11.1 Å². The minimum atomic E-state index is -1.07.